The molecule has 0 heterocycles. The second kappa shape index (κ2) is 5.56. The standard InChI is InChI=1S/C15H24B/c1-12(2)15(4,5)16-11-13(3)14-9-7-6-8-10-14/h6-10,12-13H,11H2,1-5H3. The van der Waals surface area contributed by atoms with Crippen molar-refractivity contribution in [2.24, 2.45) is 5.92 Å². The Hall–Kier alpha value is -0.715. The van der Waals surface area contributed by atoms with E-state index in [-0.39, 0.29) is 0 Å². The van der Waals surface area contributed by atoms with Crippen LogP contribution in [-0.2, 0) is 0 Å². The highest BCUT2D eigenvalue weighted by Crippen LogP contribution is 2.35. The molecule has 0 saturated carbocycles. The SMILES string of the molecule is CC(C[B]C(C)(C)C(C)C)c1ccccc1. The third-order valence-corrected chi connectivity index (χ3v) is 3.85. The maximum atomic E-state index is 2.48. The summed E-state index contributed by atoms with van der Waals surface area (Å²) in [6, 6.07) is 10.8. The zero-order chi connectivity index (χ0) is 12.2. The van der Waals surface area contributed by atoms with Crippen molar-refractivity contribution < 1.29 is 0 Å². The van der Waals surface area contributed by atoms with Gasteiger partial charge in [-0.3, -0.25) is 0 Å². The second-order valence-electron chi connectivity index (χ2n) is 5.73. The summed E-state index contributed by atoms with van der Waals surface area (Å²) in [4.78, 5) is 0. The molecule has 1 unspecified atom stereocenters. The Morgan fingerprint density at radius 3 is 2.12 bits per heavy atom. The van der Waals surface area contributed by atoms with Gasteiger partial charge in [0.25, 0.3) is 0 Å². The number of rotatable bonds is 5. The molecule has 0 aliphatic rings. The fourth-order valence-corrected chi connectivity index (χ4v) is 1.63. The van der Waals surface area contributed by atoms with E-state index in [1.54, 1.807) is 0 Å². The van der Waals surface area contributed by atoms with Crippen LogP contribution >= 0.6 is 0 Å². The molecule has 16 heavy (non-hydrogen) atoms. The van der Waals surface area contributed by atoms with Crippen molar-refractivity contribution >= 4 is 7.28 Å². The summed E-state index contributed by atoms with van der Waals surface area (Å²) < 4.78 is 0. The van der Waals surface area contributed by atoms with Gasteiger partial charge < -0.3 is 0 Å². The van der Waals surface area contributed by atoms with Gasteiger partial charge in [-0.25, -0.2) is 0 Å². The molecular formula is C15H24B. The molecule has 1 radical (unpaired) electrons. The van der Waals surface area contributed by atoms with Gasteiger partial charge in [0.1, 0.15) is 7.28 Å². The molecule has 0 nitrogen and oxygen atoms in total. The van der Waals surface area contributed by atoms with E-state index in [4.69, 9.17) is 0 Å². The van der Waals surface area contributed by atoms with E-state index in [9.17, 15) is 0 Å². The van der Waals surface area contributed by atoms with Crippen molar-refractivity contribution in [1.29, 1.82) is 0 Å². The van der Waals surface area contributed by atoms with E-state index < -0.39 is 0 Å². The average Bonchev–Trinajstić information content (AvgIpc) is 2.27. The van der Waals surface area contributed by atoms with Crippen LogP contribution in [-0.4, -0.2) is 7.28 Å². The van der Waals surface area contributed by atoms with E-state index >= 15 is 0 Å². The summed E-state index contributed by atoms with van der Waals surface area (Å²) in [5, 5.41) is 0.336. The van der Waals surface area contributed by atoms with Crippen LogP contribution in [0.1, 0.15) is 46.1 Å². The molecule has 0 N–H and O–H groups in total. The summed E-state index contributed by atoms with van der Waals surface area (Å²) in [5.74, 6) is 1.33. The highest BCUT2D eigenvalue weighted by molar-refractivity contribution is 6.40. The third-order valence-electron chi connectivity index (χ3n) is 3.85. The molecule has 1 rings (SSSR count). The van der Waals surface area contributed by atoms with Gasteiger partial charge in [0.15, 0.2) is 0 Å². The molecule has 0 bridgehead atoms. The molecular weight excluding hydrogens is 191 g/mol. The first-order chi connectivity index (χ1) is 7.43. The monoisotopic (exact) mass is 215 g/mol. The highest BCUT2D eigenvalue weighted by atomic mass is 14.2. The van der Waals surface area contributed by atoms with Crippen molar-refractivity contribution in [3.05, 3.63) is 35.9 Å². The summed E-state index contributed by atoms with van der Waals surface area (Å²) in [6.07, 6.45) is 1.16. The Labute approximate surface area is 102 Å². The predicted octanol–water partition coefficient (Wildman–Crippen LogP) is 4.77. The van der Waals surface area contributed by atoms with Crippen molar-refractivity contribution in [3.63, 3.8) is 0 Å². The minimum absolute atomic E-state index is 0.336. The maximum absolute atomic E-state index is 2.48. The van der Waals surface area contributed by atoms with E-state index in [2.05, 4.69) is 72.2 Å². The van der Waals surface area contributed by atoms with Crippen LogP contribution in [0.25, 0.3) is 0 Å². The zero-order valence-electron chi connectivity index (χ0n) is 11.3. The lowest BCUT2D eigenvalue weighted by Crippen LogP contribution is -2.20. The highest BCUT2D eigenvalue weighted by Gasteiger charge is 2.23. The van der Waals surface area contributed by atoms with E-state index in [0.717, 1.165) is 6.32 Å². The Balaban J connectivity index is 2.51. The zero-order valence-corrected chi connectivity index (χ0v) is 11.3. The lowest BCUT2D eigenvalue weighted by atomic mass is 9.46. The minimum atomic E-state index is 0.336. The molecule has 0 amide bonds. The lowest BCUT2D eigenvalue weighted by molar-refractivity contribution is 0.471. The molecule has 1 atom stereocenters. The predicted molar refractivity (Wildman–Crippen MR) is 74.3 cm³/mol. The van der Waals surface area contributed by atoms with Gasteiger partial charge in [-0.1, -0.05) is 76.6 Å². The van der Waals surface area contributed by atoms with Crippen LogP contribution in [0.4, 0.5) is 0 Å². The Bertz CT molecular complexity index is 300. The number of benzene rings is 1. The topological polar surface area (TPSA) is 0 Å². The second-order valence-corrected chi connectivity index (χ2v) is 5.73. The first-order valence-electron chi connectivity index (χ1n) is 6.33. The van der Waals surface area contributed by atoms with Gasteiger partial charge in [-0.2, -0.15) is 0 Å². The molecule has 1 aromatic rings. The van der Waals surface area contributed by atoms with Gasteiger partial charge >= 0.3 is 0 Å². The quantitative estimate of drug-likeness (QED) is 0.621. The largest absolute Gasteiger partial charge is 0.118 e. The lowest BCUT2D eigenvalue weighted by Gasteiger charge is -2.29. The molecule has 0 fully saturated rings. The Morgan fingerprint density at radius 1 is 1.06 bits per heavy atom. The molecule has 0 aromatic heterocycles. The van der Waals surface area contributed by atoms with Crippen molar-refractivity contribution in [3.8, 4) is 0 Å². The van der Waals surface area contributed by atoms with Crippen molar-refractivity contribution in [2.75, 3.05) is 0 Å². The van der Waals surface area contributed by atoms with Gasteiger partial charge in [-0.05, 0) is 17.4 Å². The van der Waals surface area contributed by atoms with Gasteiger partial charge in [0, 0.05) is 0 Å². The van der Waals surface area contributed by atoms with Crippen LogP contribution in [0.2, 0.25) is 11.6 Å². The Kier molecular flexibility index (Phi) is 4.64. The first kappa shape index (κ1) is 13.4. The molecule has 1 aromatic carbocycles. The third kappa shape index (κ3) is 3.70. The summed E-state index contributed by atoms with van der Waals surface area (Å²) in [5.41, 5.74) is 1.44. The summed E-state index contributed by atoms with van der Waals surface area (Å²) in [6.45, 7) is 11.6. The molecule has 1 heteroatoms. The molecule has 87 valence electrons. The number of hydrogen-bond acceptors (Lipinski definition) is 0. The van der Waals surface area contributed by atoms with Crippen LogP contribution in [0.3, 0.4) is 0 Å². The number of hydrogen-bond donors (Lipinski definition) is 0. The first-order valence-corrected chi connectivity index (χ1v) is 6.33. The van der Waals surface area contributed by atoms with Gasteiger partial charge in [0.2, 0.25) is 0 Å². The van der Waals surface area contributed by atoms with Crippen LogP contribution in [0.15, 0.2) is 30.3 Å². The summed E-state index contributed by atoms with van der Waals surface area (Å²) >= 11 is 0. The van der Waals surface area contributed by atoms with Crippen molar-refractivity contribution in [1.82, 2.24) is 0 Å². The molecule has 0 aliphatic carbocycles. The van der Waals surface area contributed by atoms with E-state index in [1.807, 2.05) is 0 Å². The normalized spacial score (nSPS) is 13.9. The fourth-order valence-electron chi connectivity index (χ4n) is 1.63. The Morgan fingerprint density at radius 2 is 1.62 bits per heavy atom. The smallest absolute Gasteiger partial charge is 0.0731 e. The fraction of sp³-hybridized carbons (Fsp3) is 0.600. The maximum Gasteiger partial charge on any atom is 0.118 e. The van der Waals surface area contributed by atoms with Crippen LogP contribution < -0.4 is 0 Å². The van der Waals surface area contributed by atoms with Gasteiger partial charge in [-0.15, -0.1) is 0 Å². The van der Waals surface area contributed by atoms with Gasteiger partial charge in [0.05, 0.1) is 0 Å². The van der Waals surface area contributed by atoms with Crippen LogP contribution in [0.5, 0.6) is 0 Å². The molecule has 0 saturated heterocycles. The molecule has 0 aliphatic heterocycles. The van der Waals surface area contributed by atoms with Crippen molar-refractivity contribution in [2.45, 2.75) is 52.2 Å². The summed E-state index contributed by atoms with van der Waals surface area (Å²) in [7, 11) is 2.48. The van der Waals surface area contributed by atoms with Crippen LogP contribution in [0, 0.1) is 5.92 Å². The van der Waals surface area contributed by atoms with E-state index in [1.165, 1.54) is 5.56 Å². The minimum Gasteiger partial charge on any atom is -0.0731 e. The average molecular weight is 215 g/mol. The molecule has 0 spiro atoms. The van der Waals surface area contributed by atoms with E-state index in [0.29, 0.717) is 17.2 Å².